The van der Waals surface area contributed by atoms with Gasteiger partial charge in [0.25, 0.3) is 0 Å². The first-order chi connectivity index (χ1) is 7.68. The smallest absolute Gasteiger partial charge is 0.159 e. The maximum absolute atomic E-state index is 11.2. The van der Waals surface area contributed by atoms with Gasteiger partial charge in [-0.25, -0.2) is 0 Å². The van der Waals surface area contributed by atoms with Crippen molar-refractivity contribution in [2.75, 3.05) is 13.1 Å². The van der Waals surface area contributed by atoms with E-state index in [0.29, 0.717) is 0 Å². The van der Waals surface area contributed by atoms with E-state index in [9.17, 15) is 4.79 Å². The molecule has 1 aromatic rings. The molecule has 2 rings (SSSR count). The van der Waals surface area contributed by atoms with Gasteiger partial charge in [0.05, 0.1) is 0 Å². The van der Waals surface area contributed by atoms with Gasteiger partial charge >= 0.3 is 0 Å². The molecule has 1 aliphatic heterocycles. The predicted octanol–water partition coefficient (Wildman–Crippen LogP) is 2.96. The van der Waals surface area contributed by atoms with E-state index in [1.54, 1.807) is 6.92 Å². The van der Waals surface area contributed by atoms with E-state index in [4.69, 9.17) is 0 Å². The van der Waals surface area contributed by atoms with Gasteiger partial charge in [0.2, 0.25) is 0 Å². The highest BCUT2D eigenvalue weighted by Crippen LogP contribution is 2.32. The van der Waals surface area contributed by atoms with E-state index in [1.165, 1.54) is 17.7 Å². The molecule has 0 N–H and O–H groups in total. The Labute approximate surface area is 99.3 Å². The Morgan fingerprint density at radius 3 is 2.31 bits per heavy atom. The summed E-state index contributed by atoms with van der Waals surface area (Å²) in [5, 5.41) is 0. The predicted molar refractivity (Wildman–Crippen MR) is 70.2 cm³/mol. The monoisotopic (exact) mass is 235 g/mol. The minimum absolute atomic E-state index is 0.0582. The summed E-state index contributed by atoms with van der Waals surface area (Å²) in [4.78, 5) is 12.4. The highest BCUT2D eigenvalue weighted by Gasteiger charge is 2.14. The van der Waals surface area contributed by atoms with Crippen molar-refractivity contribution in [2.24, 2.45) is 0 Å². The van der Waals surface area contributed by atoms with Crippen LogP contribution in [0.15, 0.2) is 29.2 Å². The second kappa shape index (κ2) is 4.93. The molecule has 0 saturated carbocycles. The van der Waals surface area contributed by atoms with E-state index in [0.717, 1.165) is 18.7 Å². The Morgan fingerprint density at radius 2 is 1.81 bits per heavy atom. The summed E-state index contributed by atoms with van der Waals surface area (Å²) in [7, 11) is -0.0582. The number of Topliss-reactive ketones (excluding diaryl/α,β-unsaturated/α-hetero) is 1. The largest absolute Gasteiger partial charge is 0.295 e. The van der Waals surface area contributed by atoms with Gasteiger partial charge in [0, 0.05) is 23.5 Å². The van der Waals surface area contributed by atoms with E-state index in [2.05, 4.69) is 10.2 Å². The molecule has 0 bridgehead atoms. The molecule has 16 heavy (non-hydrogen) atoms. The van der Waals surface area contributed by atoms with Crippen LogP contribution in [-0.2, 0) is 0 Å². The van der Waals surface area contributed by atoms with Crippen molar-refractivity contribution >= 4 is 22.3 Å². The Bertz CT molecular complexity index is 404. The molecule has 1 heterocycles. The zero-order valence-electron chi connectivity index (χ0n) is 9.61. The van der Waals surface area contributed by atoms with E-state index >= 15 is 0 Å². The zero-order valence-corrected chi connectivity index (χ0v) is 10.4. The molecule has 0 aromatic heterocycles. The van der Waals surface area contributed by atoms with Crippen LogP contribution in [-0.4, -0.2) is 29.0 Å². The molecule has 0 amide bonds. The molecular weight excluding hydrogens is 218 g/mol. The highest BCUT2D eigenvalue weighted by atomic mass is 32.2. The van der Waals surface area contributed by atoms with E-state index in [1.807, 2.05) is 24.3 Å². The summed E-state index contributed by atoms with van der Waals surface area (Å²) in [5.74, 6) is 4.36. The zero-order chi connectivity index (χ0) is 11.5. The van der Waals surface area contributed by atoms with Crippen LogP contribution in [0.5, 0.6) is 0 Å². The maximum Gasteiger partial charge on any atom is 0.159 e. The average molecular weight is 235 g/mol. The van der Waals surface area contributed by atoms with Gasteiger partial charge < -0.3 is 0 Å². The fraction of sp³-hybridized carbons (Fsp3) is 0.385. The quantitative estimate of drug-likeness (QED) is 0.593. The van der Waals surface area contributed by atoms with Crippen LogP contribution in [0.1, 0.15) is 30.1 Å². The lowest BCUT2D eigenvalue weighted by atomic mass is 10.2. The molecule has 1 aromatic carbocycles. The lowest BCUT2D eigenvalue weighted by Crippen LogP contribution is -2.11. The van der Waals surface area contributed by atoms with E-state index < -0.39 is 0 Å². The van der Waals surface area contributed by atoms with Crippen LogP contribution in [0.25, 0.3) is 0 Å². The van der Waals surface area contributed by atoms with Gasteiger partial charge in [0.1, 0.15) is 0 Å². The molecule has 0 radical (unpaired) electrons. The average Bonchev–Trinajstić information content (AvgIpc) is 2.81. The number of ketones is 1. The summed E-state index contributed by atoms with van der Waals surface area (Å²) in [6, 6.07) is 7.87. The minimum atomic E-state index is -0.0582. The fourth-order valence-electron chi connectivity index (χ4n) is 1.90. The van der Waals surface area contributed by atoms with Gasteiger partial charge in [0.15, 0.2) is 5.78 Å². The maximum atomic E-state index is 11.2. The van der Waals surface area contributed by atoms with Crippen LogP contribution in [0.3, 0.4) is 0 Å². The van der Waals surface area contributed by atoms with Gasteiger partial charge in [-0.2, -0.15) is 0 Å². The number of carbonyl (C=O) groups is 1. The first-order valence-corrected chi connectivity index (χ1v) is 6.93. The summed E-state index contributed by atoms with van der Waals surface area (Å²) < 4.78 is 2.42. The van der Waals surface area contributed by atoms with Crippen LogP contribution in [0.4, 0.5) is 0 Å². The first-order valence-electron chi connectivity index (χ1n) is 5.58. The summed E-state index contributed by atoms with van der Waals surface area (Å²) in [6.07, 6.45) is 2.56. The number of nitrogens with zero attached hydrogens (tertiary/aromatic N) is 1. The molecule has 1 unspecified atom stereocenters. The molecule has 86 valence electrons. The topological polar surface area (TPSA) is 20.3 Å². The molecule has 2 nitrogen and oxygen atoms in total. The molecule has 3 heteroatoms. The van der Waals surface area contributed by atoms with Crippen molar-refractivity contribution in [3.63, 3.8) is 0 Å². The Kier molecular flexibility index (Phi) is 3.56. The van der Waals surface area contributed by atoms with Crippen molar-refractivity contribution in [1.82, 2.24) is 4.31 Å². The molecule has 0 spiro atoms. The van der Waals surface area contributed by atoms with Crippen LogP contribution < -0.4 is 0 Å². The summed E-state index contributed by atoms with van der Waals surface area (Å²) in [6.45, 7) is 3.90. The van der Waals surface area contributed by atoms with Gasteiger partial charge in [-0.3, -0.25) is 9.10 Å². The Morgan fingerprint density at radius 1 is 1.25 bits per heavy atom. The first kappa shape index (κ1) is 11.6. The third-order valence-electron chi connectivity index (χ3n) is 2.91. The number of carbonyl (C=O) groups excluding carboxylic acids is 1. The standard InChI is InChI=1S/C13H17NOS/c1-11(15)12-5-7-13(8-6-12)16(2)14-9-3-4-10-14/h5-8H,2-4,9-10H2,1H3. The third-order valence-corrected chi connectivity index (χ3v) is 4.71. The van der Waals surface area contributed by atoms with Crippen molar-refractivity contribution in [3.05, 3.63) is 29.8 Å². The van der Waals surface area contributed by atoms with Crippen molar-refractivity contribution < 1.29 is 4.79 Å². The Balaban J connectivity index is 2.14. The second-order valence-corrected chi connectivity index (χ2v) is 5.80. The second-order valence-electron chi connectivity index (χ2n) is 4.08. The minimum Gasteiger partial charge on any atom is -0.295 e. The van der Waals surface area contributed by atoms with Crippen LogP contribution in [0, 0.1) is 0 Å². The Hall–Kier alpha value is -0.930. The fourth-order valence-corrected chi connectivity index (χ4v) is 3.35. The molecule has 1 fully saturated rings. The van der Waals surface area contributed by atoms with Gasteiger partial charge in [-0.15, -0.1) is 0 Å². The van der Waals surface area contributed by atoms with Crippen molar-refractivity contribution in [2.45, 2.75) is 24.7 Å². The molecule has 1 atom stereocenters. The van der Waals surface area contributed by atoms with Gasteiger partial charge in [-0.1, -0.05) is 28.7 Å². The molecule has 1 saturated heterocycles. The van der Waals surface area contributed by atoms with Crippen molar-refractivity contribution in [3.8, 4) is 0 Å². The number of rotatable bonds is 3. The number of hydrogen-bond acceptors (Lipinski definition) is 2. The third kappa shape index (κ3) is 2.42. The highest BCUT2D eigenvalue weighted by molar-refractivity contribution is 8.12. The van der Waals surface area contributed by atoms with Crippen molar-refractivity contribution in [1.29, 1.82) is 0 Å². The molecule has 0 aliphatic carbocycles. The normalized spacial score (nSPS) is 18.6. The summed E-state index contributed by atoms with van der Waals surface area (Å²) >= 11 is 0. The SMILES string of the molecule is C=S(c1ccc(C(C)=O)cc1)N1CCCC1. The number of hydrogen-bond donors (Lipinski definition) is 0. The van der Waals surface area contributed by atoms with E-state index in [-0.39, 0.29) is 16.5 Å². The lowest BCUT2D eigenvalue weighted by molar-refractivity contribution is 0.101. The van der Waals surface area contributed by atoms with Crippen LogP contribution in [0.2, 0.25) is 0 Å². The number of benzene rings is 1. The lowest BCUT2D eigenvalue weighted by Gasteiger charge is -2.19. The molecule has 1 aliphatic rings. The van der Waals surface area contributed by atoms with Gasteiger partial charge in [-0.05, 0) is 31.9 Å². The van der Waals surface area contributed by atoms with Crippen LogP contribution >= 0.6 is 10.7 Å². The summed E-state index contributed by atoms with van der Waals surface area (Å²) in [5.41, 5.74) is 0.780. The molecular formula is C13H17NOS.